The van der Waals surface area contributed by atoms with Crippen LogP contribution in [0.4, 0.5) is 0 Å². The van der Waals surface area contributed by atoms with Crippen molar-refractivity contribution in [2.75, 3.05) is 0 Å². The molecule has 1 aromatic heterocycles. The van der Waals surface area contributed by atoms with Crippen molar-refractivity contribution in [2.24, 2.45) is 0 Å². The van der Waals surface area contributed by atoms with E-state index in [-0.39, 0.29) is 5.15 Å². The van der Waals surface area contributed by atoms with Gasteiger partial charge in [0.1, 0.15) is 0 Å². The van der Waals surface area contributed by atoms with Gasteiger partial charge in [-0.3, -0.25) is 0 Å². The maximum Gasteiger partial charge on any atom is 0.295 e. The quantitative estimate of drug-likeness (QED) is 0.299. The molecule has 63 valence electrons. The number of aromatic nitrogens is 1. The number of halogens is 1. The third-order valence-corrected chi connectivity index (χ3v) is 2.36. The molecule has 2 nitrogen and oxygen atoms in total. The van der Waals surface area contributed by atoms with Crippen LogP contribution in [-0.2, 0) is 0 Å². The van der Waals surface area contributed by atoms with Gasteiger partial charge in [0.05, 0.1) is 0 Å². The molecule has 0 aromatic carbocycles. The van der Waals surface area contributed by atoms with E-state index in [0.29, 0.717) is 10.3 Å². The number of thiocarbonyl (C=S) groups is 1. The molecule has 0 N–H and O–H groups in total. The van der Waals surface area contributed by atoms with Crippen LogP contribution in [0, 0.1) is 25.3 Å². The number of hydrogen-bond donors (Lipinski definition) is 0. The minimum atomic E-state index is 0.136. The van der Waals surface area contributed by atoms with Crippen LogP contribution in [0.25, 0.3) is 0 Å². The Morgan fingerprint density at radius 2 is 2.17 bits per heavy atom. The average Bonchev–Trinajstić information content (AvgIpc) is 2.01. The van der Waals surface area contributed by atoms with Gasteiger partial charge >= 0.3 is 0 Å². The standard InChI is InChI=1S/C8H7ClNOS/c1-5-3-10(11)8(9)6(2)7(5)4-12/h4H,1-2H3. The lowest BCUT2D eigenvalue weighted by Crippen LogP contribution is -2.30. The van der Waals surface area contributed by atoms with E-state index in [1.54, 1.807) is 13.8 Å². The molecule has 0 atom stereocenters. The van der Waals surface area contributed by atoms with E-state index in [1.165, 1.54) is 5.37 Å². The second-order valence-corrected chi connectivity index (χ2v) is 3.07. The highest BCUT2D eigenvalue weighted by Gasteiger charge is 2.13. The Morgan fingerprint density at radius 1 is 1.58 bits per heavy atom. The largest absolute Gasteiger partial charge is 0.617 e. The van der Waals surface area contributed by atoms with Crippen molar-refractivity contribution < 1.29 is 4.73 Å². The zero-order valence-electron chi connectivity index (χ0n) is 6.72. The van der Waals surface area contributed by atoms with Crippen LogP contribution in [0.5, 0.6) is 0 Å². The third kappa shape index (κ3) is 1.42. The van der Waals surface area contributed by atoms with Gasteiger partial charge < -0.3 is 5.21 Å². The highest BCUT2D eigenvalue weighted by Crippen LogP contribution is 2.15. The van der Waals surface area contributed by atoms with Crippen molar-refractivity contribution in [1.82, 2.24) is 0 Å². The van der Waals surface area contributed by atoms with E-state index in [0.717, 1.165) is 11.1 Å². The highest BCUT2D eigenvalue weighted by atomic mass is 35.5. The molecule has 0 aliphatic rings. The number of hydrogen-bond acceptors (Lipinski definition) is 2. The summed E-state index contributed by atoms with van der Waals surface area (Å²) in [5.41, 5.74) is 2.24. The van der Waals surface area contributed by atoms with Gasteiger partial charge in [-0.2, -0.15) is 0 Å². The summed E-state index contributed by atoms with van der Waals surface area (Å²) in [5.74, 6) is 0. The zero-order valence-corrected chi connectivity index (χ0v) is 8.29. The van der Waals surface area contributed by atoms with Gasteiger partial charge in [-0.25, -0.2) is 0 Å². The van der Waals surface area contributed by atoms with Gasteiger partial charge in [0.2, 0.25) is 0 Å². The summed E-state index contributed by atoms with van der Waals surface area (Å²) in [7, 11) is 0. The van der Waals surface area contributed by atoms with Crippen molar-refractivity contribution in [2.45, 2.75) is 13.8 Å². The van der Waals surface area contributed by atoms with Crippen molar-refractivity contribution >= 4 is 29.2 Å². The molecule has 0 spiro atoms. The molecule has 1 rings (SSSR count). The number of aryl methyl sites for hydroxylation is 1. The Morgan fingerprint density at radius 3 is 2.67 bits per heavy atom. The highest BCUT2D eigenvalue weighted by molar-refractivity contribution is 7.79. The molecule has 0 amide bonds. The normalized spacial score (nSPS) is 9.92. The van der Waals surface area contributed by atoms with Crippen molar-refractivity contribution in [1.29, 1.82) is 0 Å². The van der Waals surface area contributed by atoms with Crippen LogP contribution in [0.2, 0.25) is 5.15 Å². The van der Waals surface area contributed by atoms with E-state index in [9.17, 15) is 5.21 Å². The molecule has 1 radical (unpaired) electrons. The second kappa shape index (κ2) is 3.37. The molecular formula is C8H7ClNOS. The molecule has 0 aliphatic carbocycles. The zero-order chi connectivity index (χ0) is 9.30. The summed E-state index contributed by atoms with van der Waals surface area (Å²) >= 11 is 10.5. The molecule has 0 saturated carbocycles. The molecule has 0 fully saturated rings. The Hall–Kier alpha value is -0.670. The Bertz CT molecular complexity index is 338. The number of pyridine rings is 1. The Labute approximate surface area is 81.4 Å². The summed E-state index contributed by atoms with van der Waals surface area (Å²) < 4.78 is 0.522. The summed E-state index contributed by atoms with van der Waals surface area (Å²) in [6, 6.07) is 0. The van der Waals surface area contributed by atoms with Crippen LogP contribution >= 0.6 is 23.8 Å². The van der Waals surface area contributed by atoms with Crippen molar-refractivity contribution in [3.8, 4) is 0 Å². The van der Waals surface area contributed by atoms with Gasteiger partial charge in [-0.1, -0.05) is 12.2 Å². The maximum atomic E-state index is 11.0. The summed E-state index contributed by atoms with van der Waals surface area (Å²) in [6.45, 7) is 3.53. The van der Waals surface area contributed by atoms with Crippen LogP contribution in [-0.4, -0.2) is 5.37 Å². The molecule has 0 saturated heterocycles. The smallest absolute Gasteiger partial charge is 0.295 e. The predicted octanol–water partition coefficient (Wildman–Crippen LogP) is 1.74. The first kappa shape index (κ1) is 9.42. The van der Waals surface area contributed by atoms with Gasteiger partial charge in [-0.15, -0.1) is 4.73 Å². The van der Waals surface area contributed by atoms with Gasteiger partial charge in [0.15, 0.2) is 0 Å². The molecule has 1 heterocycles. The monoisotopic (exact) mass is 200 g/mol. The van der Waals surface area contributed by atoms with E-state index < -0.39 is 0 Å². The van der Waals surface area contributed by atoms with Crippen LogP contribution < -0.4 is 4.73 Å². The van der Waals surface area contributed by atoms with E-state index >= 15 is 0 Å². The molecule has 0 unspecified atom stereocenters. The number of nitrogens with zero attached hydrogens (tertiary/aromatic N) is 1. The van der Waals surface area contributed by atoms with E-state index in [4.69, 9.17) is 23.8 Å². The average molecular weight is 201 g/mol. The predicted molar refractivity (Wildman–Crippen MR) is 51.5 cm³/mol. The molecule has 0 bridgehead atoms. The molecule has 0 aliphatic heterocycles. The third-order valence-electron chi connectivity index (χ3n) is 1.68. The van der Waals surface area contributed by atoms with Crippen molar-refractivity contribution in [3.05, 3.63) is 33.2 Å². The van der Waals surface area contributed by atoms with Crippen LogP contribution in [0.3, 0.4) is 0 Å². The summed E-state index contributed by atoms with van der Waals surface area (Å²) in [4.78, 5) is 0. The van der Waals surface area contributed by atoms with E-state index in [2.05, 4.69) is 6.20 Å². The van der Waals surface area contributed by atoms with Gasteiger partial charge in [0, 0.05) is 22.1 Å². The van der Waals surface area contributed by atoms with E-state index in [1.807, 2.05) is 0 Å². The molecule has 4 heteroatoms. The lowest BCUT2D eigenvalue weighted by atomic mass is 10.1. The fourth-order valence-electron chi connectivity index (χ4n) is 0.983. The van der Waals surface area contributed by atoms with Crippen molar-refractivity contribution in [3.63, 3.8) is 0 Å². The fourth-order valence-corrected chi connectivity index (χ4v) is 1.48. The second-order valence-electron chi connectivity index (χ2n) is 2.48. The topological polar surface area (TPSA) is 26.9 Å². The first-order chi connectivity index (χ1) is 5.57. The molecule has 1 aromatic rings. The number of rotatable bonds is 1. The minimum Gasteiger partial charge on any atom is -0.617 e. The first-order valence-electron chi connectivity index (χ1n) is 3.34. The van der Waals surface area contributed by atoms with Gasteiger partial charge in [0.25, 0.3) is 11.3 Å². The Balaban J connectivity index is 3.51. The Kier molecular flexibility index (Phi) is 2.65. The first-order valence-corrected chi connectivity index (χ1v) is 4.19. The lowest BCUT2D eigenvalue weighted by molar-refractivity contribution is -0.608. The SMILES string of the molecule is Cc1[c][n+]([O-])c(Cl)c(C)c1C=S. The summed E-state index contributed by atoms with van der Waals surface area (Å²) in [6.07, 6.45) is 2.53. The molecular weight excluding hydrogens is 194 g/mol. The lowest BCUT2D eigenvalue weighted by Gasteiger charge is -2.05. The summed E-state index contributed by atoms with van der Waals surface area (Å²) in [5, 5.41) is 12.7. The van der Waals surface area contributed by atoms with Gasteiger partial charge in [-0.05, 0) is 25.4 Å². The fraction of sp³-hybridized carbons (Fsp3) is 0.250. The maximum absolute atomic E-state index is 11.0. The minimum absolute atomic E-state index is 0.136. The molecule has 12 heavy (non-hydrogen) atoms. The van der Waals surface area contributed by atoms with Crippen LogP contribution in [0.15, 0.2) is 0 Å². The van der Waals surface area contributed by atoms with Crippen LogP contribution in [0.1, 0.15) is 16.7 Å².